The van der Waals surface area contributed by atoms with Crippen molar-refractivity contribution in [1.82, 2.24) is 4.98 Å². The Morgan fingerprint density at radius 1 is 1.12 bits per heavy atom. The number of aromatic amines is 1. The Hall–Kier alpha value is -2.91. The van der Waals surface area contributed by atoms with Crippen LogP contribution in [0.15, 0.2) is 61.9 Å². The summed E-state index contributed by atoms with van der Waals surface area (Å²) in [6.45, 7) is 0. The normalized spacial score (nSPS) is 13.9. The summed E-state index contributed by atoms with van der Waals surface area (Å²) >= 11 is 2.50. The monoisotopic (exact) mass is 369 g/mol. The van der Waals surface area contributed by atoms with Crippen molar-refractivity contribution in [2.24, 2.45) is 20.7 Å². The first-order valence-electron chi connectivity index (χ1n) is 7.31. The topological polar surface area (TPSA) is 103 Å². The van der Waals surface area contributed by atoms with Crippen molar-refractivity contribution in [1.29, 1.82) is 0 Å². The van der Waals surface area contributed by atoms with Crippen molar-refractivity contribution in [2.45, 2.75) is 6.42 Å². The standard InChI is InChI=1S/C16H11N5O2S2/c22-15-13(25-16(23)17-15)8-12-11(14-18-20-21-19-14)7-10(24-12)6-9-4-2-1-3-5-9/h1-5,7-8,22H,6H2,(H,17,23). The van der Waals surface area contributed by atoms with Gasteiger partial charge >= 0.3 is 4.87 Å². The molecule has 2 aromatic heterocycles. The van der Waals surface area contributed by atoms with Gasteiger partial charge < -0.3 is 5.11 Å². The fourth-order valence-electron chi connectivity index (χ4n) is 2.43. The molecular weight excluding hydrogens is 358 g/mol. The van der Waals surface area contributed by atoms with Gasteiger partial charge in [-0.2, -0.15) is 0 Å². The maximum atomic E-state index is 11.4. The summed E-state index contributed by atoms with van der Waals surface area (Å²) in [5.41, 5.74) is 1.19. The van der Waals surface area contributed by atoms with E-state index in [1.165, 1.54) is 5.56 Å². The third-order valence-electron chi connectivity index (χ3n) is 3.51. The van der Waals surface area contributed by atoms with E-state index < -0.39 is 0 Å². The summed E-state index contributed by atoms with van der Waals surface area (Å²) in [5, 5.41) is 25.5. The zero-order valence-electron chi connectivity index (χ0n) is 12.7. The first-order chi connectivity index (χ1) is 12.2. The number of thiophene rings is 1. The van der Waals surface area contributed by atoms with Crippen LogP contribution in [0.1, 0.15) is 15.3 Å². The van der Waals surface area contributed by atoms with Crippen molar-refractivity contribution in [3.63, 3.8) is 0 Å². The Morgan fingerprint density at radius 3 is 2.56 bits per heavy atom. The van der Waals surface area contributed by atoms with Gasteiger partial charge in [0.05, 0.1) is 4.88 Å². The number of rotatable bonds is 3. The molecule has 3 aromatic rings. The Balaban J connectivity index is 1.87. The largest absolute Gasteiger partial charge is 0.493 e. The average Bonchev–Trinajstić information content (AvgIpc) is 3.30. The molecular formula is C16H11N5O2S2. The van der Waals surface area contributed by atoms with Gasteiger partial charge in [0.15, 0.2) is 0 Å². The van der Waals surface area contributed by atoms with Crippen LogP contribution in [0.5, 0.6) is 5.88 Å². The molecule has 9 heteroatoms. The number of hydrogen-bond acceptors (Lipinski definition) is 8. The molecule has 0 bridgehead atoms. The number of aromatic hydroxyl groups is 1. The van der Waals surface area contributed by atoms with E-state index in [1.807, 2.05) is 24.3 Å². The fourth-order valence-corrected chi connectivity index (χ4v) is 4.31. The van der Waals surface area contributed by atoms with E-state index in [9.17, 15) is 9.90 Å². The summed E-state index contributed by atoms with van der Waals surface area (Å²) in [4.78, 5) is 15.0. The summed E-state index contributed by atoms with van der Waals surface area (Å²) in [5.74, 6) is 0.280. The summed E-state index contributed by atoms with van der Waals surface area (Å²) in [7, 11) is 0. The van der Waals surface area contributed by atoms with Gasteiger partial charge in [-0.05, 0) is 28.2 Å². The van der Waals surface area contributed by atoms with Crippen LogP contribution in [0, 0.1) is 0 Å². The van der Waals surface area contributed by atoms with Crippen molar-refractivity contribution < 1.29 is 5.11 Å². The second kappa shape index (κ2) is 6.54. The number of thiazole rings is 1. The van der Waals surface area contributed by atoms with Crippen molar-refractivity contribution >= 4 is 34.6 Å². The Kier molecular flexibility index (Phi) is 4.08. The molecule has 1 aromatic carbocycles. The van der Waals surface area contributed by atoms with E-state index in [2.05, 4.69) is 37.8 Å². The van der Waals surface area contributed by atoms with Gasteiger partial charge in [-0.15, -0.1) is 21.6 Å². The molecule has 7 nitrogen and oxygen atoms in total. The van der Waals surface area contributed by atoms with Gasteiger partial charge in [-0.25, -0.2) is 0 Å². The van der Waals surface area contributed by atoms with E-state index in [1.54, 1.807) is 17.4 Å². The van der Waals surface area contributed by atoms with E-state index >= 15 is 0 Å². The molecule has 1 aliphatic rings. The van der Waals surface area contributed by atoms with Crippen molar-refractivity contribution in [3.05, 3.63) is 71.1 Å². The highest BCUT2D eigenvalue weighted by atomic mass is 32.1. The summed E-state index contributed by atoms with van der Waals surface area (Å²) in [6.07, 6.45) is 2.52. The number of H-pyrrole nitrogens is 1. The van der Waals surface area contributed by atoms with Crippen LogP contribution in [0.3, 0.4) is 0 Å². The first kappa shape index (κ1) is 15.6. The minimum absolute atomic E-state index is 0.140. The van der Waals surface area contributed by atoms with Crippen molar-refractivity contribution in [3.8, 4) is 5.88 Å². The quantitative estimate of drug-likeness (QED) is 0.741. The molecule has 4 rings (SSSR count). The van der Waals surface area contributed by atoms with Gasteiger partial charge in [0.2, 0.25) is 11.7 Å². The zero-order valence-corrected chi connectivity index (χ0v) is 14.3. The molecule has 0 saturated carbocycles. The second-order valence-corrected chi connectivity index (χ2v) is 7.41. The highest BCUT2D eigenvalue weighted by Crippen LogP contribution is 2.18. The van der Waals surface area contributed by atoms with E-state index in [4.69, 9.17) is 0 Å². The summed E-state index contributed by atoms with van der Waals surface area (Å²) < 4.78 is 0.839. The molecule has 0 radical (unpaired) electrons. The Bertz CT molecular complexity index is 1140. The van der Waals surface area contributed by atoms with Crippen molar-refractivity contribution in [2.75, 3.05) is 0 Å². The summed E-state index contributed by atoms with van der Waals surface area (Å²) in [6, 6.07) is 12.1. The lowest BCUT2D eigenvalue weighted by Crippen LogP contribution is -2.19. The number of aromatic nitrogens is 1. The molecule has 0 fully saturated rings. The van der Waals surface area contributed by atoms with E-state index in [0.29, 0.717) is 10.7 Å². The van der Waals surface area contributed by atoms with Crippen LogP contribution in [-0.4, -0.2) is 10.1 Å². The van der Waals surface area contributed by atoms with Gasteiger partial charge in [-0.1, -0.05) is 41.7 Å². The smallest absolute Gasteiger partial charge is 0.307 e. The van der Waals surface area contributed by atoms with E-state index in [0.717, 1.165) is 32.4 Å². The molecule has 2 N–H and O–H groups in total. The lowest BCUT2D eigenvalue weighted by Gasteiger charge is -1.96. The van der Waals surface area contributed by atoms with Gasteiger partial charge in [0.25, 0.3) is 0 Å². The molecule has 3 heterocycles. The molecule has 0 spiro atoms. The highest BCUT2D eigenvalue weighted by Gasteiger charge is 2.09. The van der Waals surface area contributed by atoms with Crippen LogP contribution in [0.4, 0.5) is 0 Å². The van der Waals surface area contributed by atoms with Crippen LogP contribution in [0.2, 0.25) is 0 Å². The molecule has 25 heavy (non-hydrogen) atoms. The fraction of sp³-hybridized carbons (Fsp3) is 0.0625. The third kappa shape index (κ3) is 3.32. The van der Waals surface area contributed by atoms with Gasteiger partial charge in [-0.3, -0.25) is 9.78 Å². The second-order valence-electron chi connectivity index (χ2n) is 5.23. The predicted molar refractivity (Wildman–Crippen MR) is 96.1 cm³/mol. The minimum Gasteiger partial charge on any atom is -0.493 e. The van der Waals surface area contributed by atoms with Gasteiger partial charge in [0.1, 0.15) is 0 Å². The van der Waals surface area contributed by atoms with Crippen LogP contribution in [0.25, 0.3) is 11.9 Å². The molecule has 0 amide bonds. The van der Waals surface area contributed by atoms with Crippen LogP contribution in [-0.2, 0) is 6.42 Å². The number of hydrogen-bond donors (Lipinski definition) is 2. The zero-order chi connectivity index (χ0) is 17.2. The lowest BCUT2D eigenvalue weighted by atomic mass is 10.1. The number of benzene rings is 1. The number of nitrogens with one attached hydrogen (secondary N) is 1. The molecule has 0 saturated heterocycles. The third-order valence-corrected chi connectivity index (χ3v) is 5.41. The Morgan fingerprint density at radius 2 is 1.88 bits per heavy atom. The van der Waals surface area contributed by atoms with E-state index in [-0.39, 0.29) is 10.8 Å². The maximum absolute atomic E-state index is 11.4. The molecule has 124 valence electrons. The SMILES string of the molecule is O=c1[nH]c(O)c(C=c2sc(Cc3ccccc3)cc2=C2N=NN=N2)s1. The van der Waals surface area contributed by atoms with Crippen LogP contribution >= 0.6 is 22.7 Å². The maximum Gasteiger partial charge on any atom is 0.307 e. The van der Waals surface area contributed by atoms with Crippen LogP contribution < -0.4 is 14.6 Å². The number of nitrogens with zero attached hydrogens (tertiary/aromatic N) is 4. The Labute approximate surface area is 149 Å². The van der Waals surface area contributed by atoms with Gasteiger partial charge in [0, 0.05) is 21.0 Å². The predicted octanol–water partition coefficient (Wildman–Crippen LogP) is 2.52. The molecule has 0 aliphatic carbocycles. The molecule has 0 unspecified atom stereocenters. The average molecular weight is 369 g/mol. The minimum atomic E-state index is -0.306. The highest BCUT2D eigenvalue weighted by molar-refractivity contribution is 7.11. The first-order valence-corrected chi connectivity index (χ1v) is 8.95. The molecule has 1 aliphatic heterocycles. The lowest BCUT2D eigenvalue weighted by molar-refractivity contribution is 0.455. The molecule has 0 atom stereocenters.